The first-order valence-electron chi connectivity index (χ1n) is 4.19. The van der Waals surface area contributed by atoms with Crippen LogP contribution in [-0.2, 0) is 0 Å². The van der Waals surface area contributed by atoms with Crippen LogP contribution in [0.25, 0.3) is 0 Å². The first-order valence-corrected chi connectivity index (χ1v) is 4.19. The predicted molar refractivity (Wildman–Crippen MR) is 59.9 cm³/mol. The zero-order valence-electron chi connectivity index (χ0n) is 8.25. The van der Waals surface area contributed by atoms with Crippen molar-refractivity contribution in [3.63, 3.8) is 0 Å². The molecule has 1 rings (SSSR count). The molecule has 7 N–H and O–H groups in total. The van der Waals surface area contributed by atoms with Gasteiger partial charge in [0.1, 0.15) is 5.75 Å². The molecular weight excluding hydrogens is 208 g/mol. The van der Waals surface area contributed by atoms with Gasteiger partial charge in [-0.25, -0.2) is 4.99 Å². The summed E-state index contributed by atoms with van der Waals surface area (Å²) in [4.78, 5) is 7.30. The van der Waals surface area contributed by atoms with Crippen LogP contribution in [0.2, 0.25) is 0 Å². The van der Waals surface area contributed by atoms with Crippen LogP contribution < -0.4 is 17.2 Å². The molecule has 82 valence electrons. The van der Waals surface area contributed by atoms with E-state index >= 15 is 0 Å². The van der Waals surface area contributed by atoms with Gasteiger partial charge in [-0.15, -0.1) is 0 Å². The quantitative estimate of drug-likeness (QED) is 0.370. The molecule has 0 amide bonds. The van der Waals surface area contributed by atoms with Gasteiger partial charge in [-0.1, -0.05) is 0 Å². The van der Waals surface area contributed by atoms with E-state index in [-0.39, 0.29) is 23.2 Å². The maximum atomic E-state index is 9.27. The average Bonchev–Trinajstić information content (AvgIpc) is 2.14. The fourth-order valence-electron chi connectivity index (χ4n) is 1.01. The third kappa shape index (κ3) is 3.19. The third-order valence-corrected chi connectivity index (χ3v) is 1.52. The number of nitrogens with zero attached hydrogens (tertiary/aromatic N) is 3. The number of hydrogen-bond donors (Lipinski definition) is 4. The van der Waals surface area contributed by atoms with E-state index in [2.05, 4.69) is 9.98 Å². The highest BCUT2D eigenvalue weighted by Gasteiger charge is 1.99. The highest BCUT2D eigenvalue weighted by molar-refractivity contribution is 5.93. The van der Waals surface area contributed by atoms with Crippen LogP contribution in [0.5, 0.6) is 5.75 Å². The van der Waals surface area contributed by atoms with Gasteiger partial charge in [0.25, 0.3) is 0 Å². The van der Waals surface area contributed by atoms with Gasteiger partial charge in [-0.05, 0) is 12.1 Å². The first kappa shape index (κ1) is 11.3. The van der Waals surface area contributed by atoms with Gasteiger partial charge in [0.2, 0.25) is 5.96 Å². The van der Waals surface area contributed by atoms with Gasteiger partial charge >= 0.3 is 0 Å². The number of nitrogens with two attached hydrogens (primary N) is 3. The van der Waals surface area contributed by atoms with E-state index in [1.807, 2.05) is 6.07 Å². The molecule has 1 aromatic rings. The number of benzene rings is 1. The van der Waals surface area contributed by atoms with E-state index in [1.165, 1.54) is 18.2 Å². The summed E-state index contributed by atoms with van der Waals surface area (Å²) in [6.07, 6.45) is 0. The fraction of sp³-hybridized carbons (Fsp3) is 0. The van der Waals surface area contributed by atoms with Crippen molar-refractivity contribution in [2.45, 2.75) is 0 Å². The van der Waals surface area contributed by atoms with Crippen molar-refractivity contribution in [2.75, 3.05) is 0 Å². The Morgan fingerprint density at radius 3 is 2.50 bits per heavy atom. The lowest BCUT2D eigenvalue weighted by Crippen LogP contribution is -2.26. The summed E-state index contributed by atoms with van der Waals surface area (Å²) in [5, 5.41) is 17.9. The van der Waals surface area contributed by atoms with E-state index in [9.17, 15) is 5.11 Å². The topological polar surface area (TPSA) is 147 Å². The van der Waals surface area contributed by atoms with E-state index in [0.29, 0.717) is 5.69 Å². The molecule has 0 spiro atoms. The van der Waals surface area contributed by atoms with Gasteiger partial charge in [0.05, 0.1) is 17.3 Å². The first-order chi connectivity index (χ1) is 7.51. The Labute approximate surface area is 91.5 Å². The molecule has 0 saturated carbocycles. The average molecular weight is 218 g/mol. The van der Waals surface area contributed by atoms with Gasteiger partial charge < -0.3 is 22.3 Å². The maximum Gasteiger partial charge on any atom is 0.223 e. The van der Waals surface area contributed by atoms with Gasteiger partial charge in [-0.2, -0.15) is 10.3 Å². The maximum absolute atomic E-state index is 9.27. The Bertz CT molecular complexity index is 495. The van der Waals surface area contributed by atoms with Crippen molar-refractivity contribution in [3.8, 4) is 11.8 Å². The molecule has 0 atom stereocenters. The van der Waals surface area contributed by atoms with E-state index in [4.69, 9.17) is 22.5 Å². The zero-order chi connectivity index (χ0) is 12.1. The third-order valence-electron chi connectivity index (χ3n) is 1.52. The molecule has 0 unspecified atom stereocenters. The predicted octanol–water partition coefficient (Wildman–Crippen LogP) is -0.517. The molecule has 7 nitrogen and oxygen atoms in total. The van der Waals surface area contributed by atoms with E-state index < -0.39 is 0 Å². The molecule has 0 aliphatic heterocycles. The number of guanidine groups is 2. The molecule has 0 fully saturated rings. The molecule has 0 saturated heterocycles. The molecule has 0 radical (unpaired) electrons. The lowest BCUT2D eigenvalue weighted by Gasteiger charge is -1.98. The number of aliphatic imine (C=N–C) groups is 2. The summed E-state index contributed by atoms with van der Waals surface area (Å²) in [6, 6.07) is 5.94. The monoisotopic (exact) mass is 218 g/mol. The molecule has 7 heteroatoms. The summed E-state index contributed by atoms with van der Waals surface area (Å²) < 4.78 is 0. The summed E-state index contributed by atoms with van der Waals surface area (Å²) in [7, 11) is 0. The Balaban J connectivity index is 3.11. The molecule has 1 aromatic carbocycles. The van der Waals surface area contributed by atoms with Crippen molar-refractivity contribution >= 4 is 17.6 Å². The molecule has 0 aliphatic carbocycles. The van der Waals surface area contributed by atoms with Crippen LogP contribution in [0, 0.1) is 11.3 Å². The Kier molecular flexibility index (Phi) is 3.29. The second kappa shape index (κ2) is 4.65. The Hall–Kier alpha value is -2.75. The lowest BCUT2D eigenvalue weighted by molar-refractivity contribution is 0.475. The number of aromatic hydroxyl groups is 1. The van der Waals surface area contributed by atoms with Crippen LogP contribution in [0.1, 0.15) is 5.56 Å². The standard InChI is InChI=1S/C9H10N6O/c10-4-5-1-6(3-7(16)2-5)14-9(13)15-8(11)12/h1-3,16H,(H6,11,12,13,14,15). The highest BCUT2D eigenvalue weighted by Crippen LogP contribution is 2.21. The van der Waals surface area contributed by atoms with Crippen molar-refractivity contribution in [3.05, 3.63) is 23.8 Å². The van der Waals surface area contributed by atoms with Crippen molar-refractivity contribution in [1.29, 1.82) is 5.26 Å². The lowest BCUT2D eigenvalue weighted by atomic mass is 10.2. The summed E-state index contributed by atoms with van der Waals surface area (Å²) in [5.41, 5.74) is 16.1. The van der Waals surface area contributed by atoms with E-state index in [1.54, 1.807) is 0 Å². The minimum atomic E-state index is -0.220. The molecule has 0 heterocycles. The summed E-state index contributed by atoms with van der Waals surface area (Å²) in [5.74, 6) is -0.466. The second-order valence-corrected chi connectivity index (χ2v) is 2.86. The highest BCUT2D eigenvalue weighted by atomic mass is 16.3. The van der Waals surface area contributed by atoms with Crippen LogP contribution in [0.3, 0.4) is 0 Å². The van der Waals surface area contributed by atoms with Crippen molar-refractivity contribution in [2.24, 2.45) is 27.2 Å². The van der Waals surface area contributed by atoms with Crippen molar-refractivity contribution < 1.29 is 5.11 Å². The molecule has 0 aliphatic rings. The number of nitriles is 1. The number of rotatable bonds is 1. The fourth-order valence-corrected chi connectivity index (χ4v) is 1.01. The van der Waals surface area contributed by atoms with Gasteiger partial charge in [0, 0.05) is 6.07 Å². The molecular formula is C9H10N6O. The minimum Gasteiger partial charge on any atom is -0.508 e. The van der Waals surface area contributed by atoms with Crippen LogP contribution in [-0.4, -0.2) is 17.0 Å². The zero-order valence-corrected chi connectivity index (χ0v) is 8.25. The number of hydrogen-bond acceptors (Lipinski definition) is 3. The van der Waals surface area contributed by atoms with Crippen LogP contribution in [0.4, 0.5) is 5.69 Å². The van der Waals surface area contributed by atoms with Gasteiger partial charge in [-0.3, -0.25) is 0 Å². The van der Waals surface area contributed by atoms with E-state index in [0.717, 1.165) is 0 Å². The summed E-state index contributed by atoms with van der Waals surface area (Å²) >= 11 is 0. The SMILES string of the molecule is N#Cc1cc(O)cc(N=C(N)N=C(N)N)c1. The summed E-state index contributed by atoms with van der Waals surface area (Å²) in [6.45, 7) is 0. The van der Waals surface area contributed by atoms with Crippen molar-refractivity contribution in [1.82, 2.24) is 0 Å². The second-order valence-electron chi connectivity index (χ2n) is 2.86. The Morgan fingerprint density at radius 1 is 1.25 bits per heavy atom. The molecule has 0 aromatic heterocycles. The molecule has 0 bridgehead atoms. The largest absolute Gasteiger partial charge is 0.508 e. The normalized spacial score (nSPS) is 10.6. The minimum absolute atomic E-state index is 0.0877. The Morgan fingerprint density at radius 2 is 1.94 bits per heavy atom. The van der Waals surface area contributed by atoms with Crippen LogP contribution in [0.15, 0.2) is 28.2 Å². The van der Waals surface area contributed by atoms with Crippen LogP contribution >= 0.6 is 0 Å². The number of phenols is 1. The van der Waals surface area contributed by atoms with Gasteiger partial charge in [0.15, 0.2) is 5.96 Å². The molecule has 16 heavy (non-hydrogen) atoms. The smallest absolute Gasteiger partial charge is 0.223 e. The number of phenolic OH excluding ortho intramolecular Hbond substituents is 1.